The minimum atomic E-state index is -1.21. The van der Waals surface area contributed by atoms with Crippen LogP contribution in [0.1, 0.15) is 46.8 Å². The molecule has 28 heavy (non-hydrogen) atoms. The van der Waals surface area contributed by atoms with Gasteiger partial charge in [-0.2, -0.15) is 4.68 Å². The summed E-state index contributed by atoms with van der Waals surface area (Å²) < 4.78 is 0.821. The number of nitrogens with one attached hydrogen (secondary N) is 2. The molecule has 0 aliphatic carbocycles. The van der Waals surface area contributed by atoms with E-state index >= 15 is 0 Å². The molecule has 3 N–H and O–H groups in total. The van der Waals surface area contributed by atoms with E-state index in [0.29, 0.717) is 5.52 Å². The highest BCUT2D eigenvalue weighted by Gasteiger charge is 2.19. The van der Waals surface area contributed by atoms with Crippen molar-refractivity contribution < 1.29 is 14.7 Å². The lowest BCUT2D eigenvalue weighted by Crippen LogP contribution is -2.35. The van der Waals surface area contributed by atoms with Crippen molar-refractivity contribution in [2.24, 2.45) is 0 Å². The van der Waals surface area contributed by atoms with Gasteiger partial charge in [0.25, 0.3) is 5.56 Å². The smallest absolute Gasteiger partial charge is 0.343 e. The molecule has 0 spiro atoms. The van der Waals surface area contributed by atoms with Gasteiger partial charge >= 0.3 is 12.0 Å². The van der Waals surface area contributed by atoms with Crippen molar-refractivity contribution in [2.75, 3.05) is 0 Å². The quantitative estimate of drug-likeness (QED) is 0.608. The number of aromatic nitrogens is 2. The molecule has 146 valence electrons. The number of fused-ring (bicyclic) bond motifs is 1. The van der Waals surface area contributed by atoms with Crippen LogP contribution in [0.3, 0.4) is 0 Å². The fraction of sp³-hybridized carbons (Fsp3) is 0.286. The van der Waals surface area contributed by atoms with Crippen LogP contribution in [0.4, 0.5) is 4.79 Å². The molecule has 0 radical (unpaired) electrons. The van der Waals surface area contributed by atoms with Gasteiger partial charge in [0.1, 0.15) is 0 Å². The molecule has 3 rings (SSSR count). The molecule has 1 amide bonds. The second kappa shape index (κ2) is 8.12. The number of aryl methyl sites for hydroxylation is 2. The van der Waals surface area contributed by atoms with Crippen LogP contribution >= 0.6 is 0 Å². The van der Waals surface area contributed by atoms with E-state index in [4.69, 9.17) is 0 Å². The highest BCUT2D eigenvalue weighted by atomic mass is 16.4. The molecule has 0 bridgehead atoms. The molecule has 0 unspecified atom stereocenters. The Morgan fingerprint density at radius 2 is 1.93 bits per heavy atom. The van der Waals surface area contributed by atoms with Gasteiger partial charge in [0, 0.05) is 6.54 Å². The largest absolute Gasteiger partial charge is 0.478 e. The van der Waals surface area contributed by atoms with Crippen LogP contribution in [0.2, 0.25) is 0 Å². The van der Waals surface area contributed by atoms with Gasteiger partial charge < -0.3 is 10.4 Å². The third-order valence-electron chi connectivity index (χ3n) is 4.87. The summed E-state index contributed by atoms with van der Waals surface area (Å²) in [5.74, 6) is -1.21. The molecule has 0 fully saturated rings. The molecule has 2 aromatic carbocycles. The molecule has 0 atom stereocenters. The van der Waals surface area contributed by atoms with Crippen LogP contribution in [0.5, 0.6) is 0 Å². The van der Waals surface area contributed by atoms with Gasteiger partial charge in [0.2, 0.25) is 0 Å². The zero-order valence-corrected chi connectivity index (χ0v) is 15.9. The van der Waals surface area contributed by atoms with Gasteiger partial charge in [-0.1, -0.05) is 37.6 Å². The summed E-state index contributed by atoms with van der Waals surface area (Å²) in [6, 6.07) is 9.86. The maximum atomic E-state index is 12.6. The summed E-state index contributed by atoms with van der Waals surface area (Å²) in [7, 11) is 0. The Bertz CT molecular complexity index is 1090. The summed E-state index contributed by atoms with van der Waals surface area (Å²) in [5, 5.41) is 14.7. The zero-order chi connectivity index (χ0) is 20.3. The van der Waals surface area contributed by atoms with Crippen molar-refractivity contribution in [3.05, 3.63) is 69.0 Å². The Balaban J connectivity index is 1.87. The van der Waals surface area contributed by atoms with Crippen LogP contribution in [-0.4, -0.2) is 26.9 Å². The molecule has 1 heterocycles. The Hall–Kier alpha value is -3.35. The highest BCUT2D eigenvalue weighted by Crippen LogP contribution is 2.17. The van der Waals surface area contributed by atoms with Crippen molar-refractivity contribution in [1.29, 1.82) is 0 Å². The monoisotopic (exact) mass is 381 g/mol. The van der Waals surface area contributed by atoms with Crippen molar-refractivity contribution in [2.45, 2.75) is 39.7 Å². The van der Waals surface area contributed by atoms with Gasteiger partial charge in [-0.15, -0.1) is 0 Å². The second-order valence-corrected chi connectivity index (χ2v) is 6.76. The van der Waals surface area contributed by atoms with Gasteiger partial charge in [-0.3, -0.25) is 9.89 Å². The van der Waals surface area contributed by atoms with E-state index in [-0.39, 0.29) is 17.5 Å². The first-order valence-corrected chi connectivity index (χ1v) is 9.26. The summed E-state index contributed by atoms with van der Waals surface area (Å²) in [5.41, 5.74) is 2.79. The first kappa shape index (κ1) is 19.4. The number of carboxylic acid groups (broad SMARTS) is 1. The Labute approximate surface area is 162 Å². The van der Waals surface area contributed by atoms with Crippen LogP contribution in [0, 0.1) is 6.92 Å². The van der Waals surface area contributed by atoms with E-state index in [1.54, 1.807) is 6.07 Å². The average Bonchev–Trinajstić information content (AvgIpc) is 3.02. The van der Waals surface area contributed by atoms with E-state index in [2.05, 4.69) is 23.4 Å². The number of aromatic amines is 1. The van der Waals surface area contributed by atoms with E-state index in [1.165, 1.54) is 17.7 Å². The van der Waals surface area contributed by atoms with Gasteiger partial charge in [0.05, 0.1) is 16.5 Å². The number of carbonyl (C=O) groups is 2. The molecule has 1 aromatic heterocycles. The van der Waals surface area contributed by atoms with Crippen LogP contribution < -0.4 is 10.9 Å². The predicted molar refractivity (Wildman–Crippen MR) is 107 cm³/mol. The predicted octanol–water partition coefficient (Wildman–Crippen LogP) is 3.44. The Kier molecular flexibility index (Phi) is 5.63. The lowest BCUT2D eigenvalue weighted by atomic mass is 9.98. The fourth-order valence-electron chi connectivity index (χ4n) is 3.34. The topological polar surface area (TPSA) is 104 Å². The van der Waals surface area contributed by atoms with Crippen molar-refractivity contribution in [1.82, 2.24) is 15.1 Å². The summed E-state index contributed by atoms with van der Waals surface area (Å²) in [6.45, 7) is 4.41. The average molecular weight is 381 g/mol. The normalized spacial score (nSPS) is 10.9. The number of carboxylic acids is 1. The van der Waals surface area contributed by atoms with Crippen molar-refractivity contribution >= 4 is 22.9 Å². The van der Waals surface area contributed by atoms with Crippen molar-refractivity contribution in [3.63, 3.8) is 0 Å². The SMILES string of the molecule is CCCCc1cccc(C)c1CNC(=O)n1[nH]c2cccc(C(=O)O)c2c1=O. The number of amides is 1. The molecular weight excluding hydrogens is 358 g/mol. The third-order valence-corrected chi connectivity index (χ3v) is 4.87. The standard InChI is InChI=1S/C21H23N3O4/c1-3-4-8-14-9-5-7-13(2)16(14)12-22-21(28)24-19(25)18-15(20(26)27)10-6-11-17(18)23-24/h5-7,9-11,23H,3-4,8,12H2,1-2H3,(H,22,28)(H,26,27). The Morgan fingerprint density at radius 1 is 1.18 bits per heavy atom. The van der Waals surface area contributed by atoms with E-state index in [9.17, 15) is 19.5 Å². The fourth-order valence-corrected chi connectivity index (χ4v) is 3.34. The minimum absolute atomic E-state index is 0.00956. The number of unbranched alkanes of at least 4 members (excludes halogenated alkanes) is 1. The number of rotatable bonds is 6. The van der Waals surface area contributed by atoms with Crippen molar-refractivity contribution in [3.8, 4) is 0 Å². The van der Waals surface area contributed by atoms with Gasteiger partial charge in [-0.05, 0) is 48.6 Å². The maximum Gasteiger partial charge on any atom is 0.343 e. The zero-order valence-electron chi connectivity index (χ0n) is 15.9. The molecule has 0 saturated heterocycles. The number of hydrogen-bond donors (Lipinski definition) is 3. The molecule has 7 nitrogen and oxygen atoms in total. The molecular formula is C21H23N3O4. The highest BCUT2D eigenvalue weighted by molar-refractivity contribution is 6.03. The second-order valence-electron chi connectivity index (χ2n) is 6.76. The number of H-pyrrole nitrogens is 1. The van der Waals surface area contributed by atoms with E-state index in [0.717, 1.165) is 35.1 Å². The van der Waals surface area contributed by atoms with Crippen LogP contribution in [0.15, 0.2) is 41.2 Å². The molecule has 0 saturated carbocycles. The number of carbonyl (C=O) groups excluding carboxylic acids is 1. The summed E-state index contributed by atoms with van der Waals surface area (Å²) >= 11 is 0. The molecule has 7 heteroatoms. The van der Waals surface area contributed by atoms with Crippen LogP contribution in [0.25, 0.3) is 10.9 Å². The Morgan fingerprint density at radius 3 is 2.64 bits per heavy atom. The third kappa shape index (κ3) is 3.69. The lowest BCUT2D eigenvalue weighted by molar-refractivity contribution is 0.0699. The maximum absolute atomic E-state index is 12.6. The summed E-state index contributed by atoms with van der Waals surface area (Å²) in [4.78, 5) is 36.5. The first-order chi connectivity index (χ1) is 13.4. The van der Waals surface area contributed by atoms with E-state index < -0.39 is 17.6 Å². The number of aromatic carboxylic acids is 1. The molecule has 0 aliphatic rings. The number of hydrogen-bond acceptors (Lipinski definition) is 3. The minimum Gasteiger partial charge on any atom is -0.478 e. The first-order valence-electron chi connectivity index (χ1n) is 9.26. The van der Waals surface area contributed by atoms with E-state index in [1.807, 2.05) is 19.1 Å². The number of benzene rings is 2. The lowest BCUT2D eigenvalue weighted by Gasteiger charge is -2.13. The summed E-state index contributed by atoms with van der Waals surface area (Å²) in [6.07, 6.45) is 3.07. The molecule has 3 aromatic rings. The van der Waals surface area contributed by atoms with Gasteiger partial charge in [-0.25, -0.2) is 9.59 Å². The number of nitrogens with zero attached hydrogens (tertiary/aromatic N) is 1. The van der Waals surface area contributed by atoms with Gasteiger partial charge in [0.15, 0.2) is 0 Å². The molecule has 0 aliphatic heterocycles. The van der Waals surface area contributed by atoms with Crippen LogP contribution in [-0.2, 0) is 13.0 Å².